The number of aromatic nitrogens is 2. The Labute approximate surface area is 177 Å². The summed E-state index contributed by atoms with van der Waals surface area (Å²) in [4.78, 5) is 13.7. The van der Waals surface area contributed by atoms with Gasteiger partial charge in [-0.2, -0.15) is 0 Å². The Morgan fingerprint density at radius 2 is 1.83 bits per heavy atom. The zero-order valence-corrected chi connectivity index (χ0v) is 17.5. The largest absolute Gasteiger partial charge is 0.546 e. The van der Waals surface area contributed by atoms with Gasteiger partial charge in [0.05, 0.1) is 17.3 Å². The number of amides is 1. The van der Waals surface area contributed by atoms with E-state index >= 15 is 0 Å². The Morgan fingerprint density at radius 1 is 1.13 bits per heavy atom. The molecular weight excluding hydrogens is 402 g/mol. The van der Waals surface area contributed by atoms with Crippen molar-refractivity contribution in [1.29, 1.82) is 0 Å². The fourth-order valence-electron chi connectivity index (χ4n) is 3.34. The van der Waals surface area contributed by atoms with E-state index in [1.54, 1.807) is 32.3 Å². The van der Waals surface area contributed by atoms with Crippen molar-refractivity contribution in [1.82, 2.24) is 13.6 Å². The molecule has 1 saturated carbocycles. The third kappa shape index (κ3) is 4.22. The highest BCUT2D eigenvalue weighted by molar-refractivity contribution is 7.14. The molecule has 2 aromatic carbocycles. The summed E-state index contributed by atoms with van der Waals surface area (Å²) in [5.74, 6) is 0.591. The molecule has 1 unspecified atom stereocenters. The number of rotatable bonds is 7. The molecule has 1 aliphatic carbocycles. The highest BCUT2D eigenvalue weighted by Gasteiger charge is 2.34. The zero-order valence-electron chi connectivity index (χ0n) is 16.7. The number of aromatic hydroxyl groups is 1. The van der Waals surface area contributed by atoms with Crippen LogP contribution in [0.3, 0.4) is 0 Å². The molecule has 1 aliphatic rings. The lowest BCUT2D eigenvalue weighted by Gasteiger charge is -2.18. The van der Waals surface area contributed by atoms with Crippen molar-refractivity contribution >= 4 is 34.4 Å². The van der Waals surface area contributed by atoms with Gasteiger partial charge in [0.1, 0.15) is 0 Å². The summed E-state index contributed by atoms with van der Waals surface area (Å²) in [6.07, 6.45) is 2.22. The van der Waals surface area contributed by atoms with E-state index in [0.717, 1.165) is 18.4 Å². The van der Waals surface area contributed by atoms with E-state index in [0.29, 0.717) is 11.7 Å². The molecule has 1 aromatic heterocycles. The van der Waals surface area contributed by atoms with E-state index in [-0.39, 0.29) is 34.8 Å². The van der Waals surface area contributed by atoms with Crippen molar-refractivity contribution in [2.75, 3.05) is 24.7 Å². The molecule has 0 radical (unpaired) electrons. The van der Waals surface area contributed by atoms with E-state index < -0.39 is 11.1 Å². The molecule has 0 saturated heterocycles. The van der Waals surface area contributed by atoms with Gasteiger partial charge in [0, 0.05) is 22.8 Å². The molecule has 8 nitrogen and oxygen atoms in total. The van der Waals surface area contributed by atoms with Crippen LogP contribution < -0.4 is 10.6 Å². The smallest absolute Gasteiger partial charge is 0.257 e. The average Bonchev–Trinajstić information content (AvgIpc) is 3.51. The third-order valence-electron chi connectivity index (χ3n) is 5.03. The molecule has 4 rings (SSSR count). The van der Waals surface area contributed by atoms with Crippen LogP contribution in [0.2, 0.25) is 0 Å². The van der Waals surface area contributed by atoms with Crippen molar-refractivity contribution in [2.45, 2.75) is 18.9 Å². The summed E-state index contributed by atoms with van der Waals surface area (Å²) in [5.41, 5.74) is 1.58. The normalized spacial score (nSPS) is 14.8. The van der Waals surface area contributed by atoms with Gasteiger partial charge in [0.2, 0.25) is 11.6 Å². The third-order valence-corrected chi connectivity index (χ3v) is 5.71. The monoisotopic (exact) mass is 425 g/mol. The zero-order chi connectivity index (χ0) is 21.3. The first-order chi connectivity index (χ1) is 14.4. The second-order valence-corrected chi connectivity index (χ2v) is 8.33. The van der Waals surface area contributed by atoms with Gasteiger partial charge in [-0.3, -0.25) is 4.79 Å². The molecule has 1 fully saturated rings. The van der Waals surface area contributed by atoms with Gasteiger partial charge in [-0.1, -0.05) is 36.4 Å². The second kappa shape index (κ2) is 8.29. The quantitative estimate of drug-likeness (QED) is 0.388. The summed E-state index contributed by atoms with van der Waals surface area (Å²) in [6.45, 7) is 0. The minimum atomic E-state index is -1.76. The van der Waals surface area contributed by atoms with E-state index in [4.69, 9.17) is 0 Å². The van der Waals surface area contributed by atoms with Crippen LogP contribution in [0, 0.1) is 5.92 Å². The van der Waals surface area contributed by atoms with E-state index in [1.165, 1.54) is 4.90 Å². The van der Waals surface area contributed by atoms with E-state index in [9.17, 15) is 14.5 Å². The van der Waals surface area contributed by atoms with Crippen LogP contribution in [0.4, 0.5) is 17.3 Å². The van der Waals surface area contributed by atoms with Crippen LogP contribution in [0.25, 0.3) is 0 Å². The number of phenolic OH excluding ortho intramolecular Hbond substituents is 1. The maximum absolute atomic E-state index is 12.3. The van der Waals surface area contributed by atoms with Crippen LogP contribution in [0.5, 0.6) is 5.75 Å². The van der Waals surface area contributed by atoms with Gasteiger partial charge in [-0.05, 0) is 36.5 Å². The molecule has 0 spiro atoms. The molecule has 3 N–H and O–H groups in total. The SMILES string of the molecule is CN(C)C(=O)c1cccc(Nc2n[s+]([O-])nc2N[C@@H](c2ccccc2)C2CC2)c1O. The lowest BCUT2D eigenvalue weighted by molar-refractivity contribution is 0.0824. The average molecular weight is 426 g/mol. The topological polar surface area (TPSA) is 113 Å². The number of nitrogens with one attached hydrogen (secondary N) is 2. The molecule has 9 heteroatoms. The van der Waals surface area contributed by atoms with Crippen LogP contribution in [0.15, 0.2) is 48.5 Å². The Balaban J connectivity index is 1.62. The number of carbonyl (C=O) groups excluding carboxylic acids is 1. The number of hydrogen-bond acceptors (Lipinski definition) is 7. The number of para-hydroxylation sites is 1. The first kappa shape index (κ1) is 20.1. The van der Waals surface area contributed by atoms with Crippen molar-refractivity contribution in [3.05, 3.63) is 59.7 Å². The fourth-order valence-corrected chi connectivity index (χ4v) is 3.96. The molecule has 1 heterocycles. The first-order valence-corrected chi connectivity index (χ1v) is 10.7. The van der Waals surface area contributed by atoms with E-state index in [2.05, 4.69) is 31.5 Å². The number of hydrogen-bond donors (Lipinski definition) is 3. The summed E-state index contributed by atoms with van der Waals surface area (Å²) < 4.78 is 20.2. The lowest BCUT2D eigenvalue weighted by Crippen LogP contribution is -2.21. The maximum atomic E-state index is 12.3. The summed E-state index contributed by atoms with van der Waals surface area (Å²) >= 11 is -1.76. The Morgan fingerprint density at radius 3 is 2.50 bits per heavy atom. The minimum Gasteiger partial charge on any atom is -0.546 e. The Bertz CT molecular complexity index is 1050. The molecule has 156 valence electrons. The predicted molar refractivity (Wildman–Crippen MR) is 116 cm³/mol. The maximum Gasteiger partial charge on any atom is 0.257 e. The Hall–Kier alpha value is -3.17. The molecule has 0 aliphatic heterocycles. The molecular formula is C21H23N5O3S. The standard InChI is InChI=1S/C21H23N5O3S/c1-26(2)21(28)15-9-6-10-16(18(15)27)22-19-20(25-30(29)24-19)23-17(14-11-12-14)13-7-4-3-5-8-13/h3-10,14,17,27H,11-12H2,1-2H3,(H,22,24)(H,23,25)/t17-,30?/m0/s1. The summed E-state index contributed by atoms with van der Waals surface area (Å²) in [6, 6.07) is 14.9. The van der Waals surface area contributed by atoms with E-state index in [1.807, 2.05) is 18.2 Å². The summed E-state index contributed by atoms with van der Waals surface area (Å²) in [5, 5.41) is 16.9. The van der Waals surface area contributed by atoms with Gasteiger partial charge in [0.15, 0.2) is 16.9 Å². The van der Waals surface area contributed by atoms with Gasteiger partial charge in [-0.25, -0.2) is 0 Å². The van der Waals surface area contributed by atoms with Gasteiger partial charge in [-0.15, -0.1) is 0 Å². The number of anilines is 3. The van der Waals surface area contributed by atoms with Crippen molar-refractivity contribution in [2.24, 2.45) is 5.92 Å². The van der Waals surface area contributed by atoms with Gasteiger partial charge < -0.3 is 25.2 Å². The molecule has 2 atom stereocenters. The van der Waals surface area contributed by atoms with Crippen molar-refractivity contribution < 1.29 is 14.5 Å². The minimum absolute atomic E-state index is 0.0299. The fraction of sp³-hybridized carbons (Fsp3) is 0.286. The Kier molecular flexibility index (Phi) is 5.56. The van der Waals surface area contributed by atoms with Crippen LogP contribution >= 0.6 is 11.1 Å². The van der Waals surface area contributed by atoms with Crippen molar-refractivity contribution in [3.63, 3.8) is 0 Å². The molecule has 0 bridgehead atoms. The predicted octanol–water partition coefficient (Wildman–Crippen LogP) is 3.92. The molecule has 1 amide bonds. The lowest BCUT2D eigenvalue weighted by atomic mass is 10.0. The van der Waals surface area contributed by atoms with Crippen LogP contribution in [-0.2, 0) is 0 Å². The van der Waals surface area contributed by atoms with Crippen molar-refractivity contribution in [3.8, 4) is 5.75 Å². The number of benzene rings is 2. The van der Waals surface area contributed by atoms with Gasteiger partial charge >= 0.3 is 0 Å². The highest BCUT2D eigenvalue weighted by Crippen LogP contribution is 2.44. The number of carbonyl (C=O) groups is 1. The second-order valence-electron chi connectivity index (χ2n) is 7.51. The highest BCUT2D eigenvalue weighted by atomic mass is 32.2. The number of nitrogens with zero attached hydrogens (tertiary/aromatic N) is 3. The summed E-state index contributed by atoms with van der Waals surface area (Å²) in [7, 11) is 3.23. The van der Waals surface area contributed by atoms with Crippen LogP contribution in [-0.4, -0.2) is 43.3 Å². The van der Waals surface area contributed by atoms with Gasteiger partial charge in [0.25, 0.3) is 5.91 Å². The number of phenols is 1. The molecule has 3 aromatic rings. The first-order valence-electron chi connectivity index (χ1n) is 9.66. The molecule has 30 heavy (non-hydrogen) atoms. The van der Waals surface area contributed by atoms with Crippen LogP contribution in [0.1, 0.15) is 34.8 Å².